The number of hydrogen-bond donors (Lipinski definition) is 9. The molecule has 1 aromatic heterocycles. The molecule has 0 bridgehead atoms. The smallest absolute Gasteiger partial charge is 0.408 e. The second-order valence-corrected chi connectivity index (χ2v) is 15.6. The van der Waals surface area contributed by atoms with Gasteiger partial charge in [0.2, 0.25) is 23.6 Å². The van der Waals surface area contributed by atoms with Crippen LogP contribution in [-0.4, -0.2) is 104 Å². The fourth-order valence-corrected chi connectivity index (χ4v) is 5.91. The van der Waals surface area contributed by atoms with E-state index in [1.54, 1.807) is 68.5 Å². The molecule has 56 heavy (non-hydrogen) atoms. The van der Waals surface area contributed by atoms with Crippen LogP contribution in [0.1, 0.15) is 93.6 Å². The van der Waals surface area contributed by atoms with E-state index in [0.29, 0.717) is 12.8 Å². The van der Waals surface area contributed by atoms with Gasteiger partial charge in [-0.1, -0.05) is 72.6 Å². The number of aliphatic hydroxyl groups excluding tert-OH is 1. The summed E-state index contributed by atoms with van der Waals surface area (Å²) in [6, 6.07) is 1.04. The number of rotatable bonds is 21. The molecule has 0 radical (unpaired) electrons. The highest BCUT2D eigenvalue weighted by molar-refractivity contribution is 5.95. The van der Waals surface area contributed by atoms with E-state index in [2.05, 4.69) is 31.6 Å². The van der Waals surface area contributed by atoms with Crippen LogP contribution in [0.3, 0.4) is 0 Å². The number of carboxylic acid groups (broad SMARTS) is 2. The van der Waals surface area contributed by atoms with E-state index in [0.717, 1.165) is 16.5 Å². The van der Waals surface area contributed by atoms with Crippen LogP contribution in [-0.2, 0) is 39.9 Å². The first kappa shape index (κ1) is 47.0. The SMILES string of the molecule is CCC(C)[C@H](NC(=O)[C@H](CC(=O)O)NC(=O)OC(C)(C)C)C(=O)N[C@H](C(=O)N[C@@H](Cc1c[nH]c2ccccc12)C(O)CC(=O)N[C@H](C(=O)O)C(C)C)C(C)CC. The predicted octanol–water partition coefficient (Wildman–Crippen LogP) is 2.60. The third-order valence-corrected chi connectivity index (χ3v) is 9.52. The van der Waals surface area contributed by atoms with E-state index in [1.807, 2.05) is 24.3 Å². The number of amides is 5. The molecule has 2 aromatic rings. The molecular formula is C39H60N6O11. The van der Waals surface area contributed by atoms with E-state index in [-0.39, 0.29) is 6.42 Å². The number of aliphatic hydroxyl groups is 1. The van der Waals surface area contributed by atoms with Gasteiger partial charge in [0, 0.05) is 17.1 Å². The number of aromatic nitrogens is 1. The van der Waals surface area contributed by atoms with Crippen LogP contribution in [0, 0.1) is 17.8 Å². The minimum absolute atomic E-state index is 0.0546. The highest BCUT2D eigenvalue weighted by Gasteiger charge is 2.37. The maximum atomic E-state index is 14.1. The Bertz CT molecular complexity index is 1690. The fraction of sp³-hybridized carbons (Fsp3) is 0.615. The summed E-state index contributed by atoms with van der Waals surface area (Å²) in [5.74, 6) is -7.18. The van der Waals surface area contributed by atoms with E-state index in [1.165, 1.54) is 0 Å². The summed E-state index contributed by atoms with van der Waals surface area (Å²) in [5.41, 5.74) is 0.582. The van der Waals surface area contributed by atoms with E-state index < -0.39 is 114 Å². The average Bonchev–Trinajstić information content (AvgIpc) is 3.51. The van der Waals surface area contributed by atoms with Crippen molar-refractivity contribution in [3.63, 3.8) is 0 Å². The number of aromatic amines is 1. The Balaban J connectivity index is 2.40. The second kappa shape index (κ2) is 21.2. The molecule has 17 heteroatoms. The number of carboxylic acids is 2. The molecular weight excluding hydrogens is 728 g/mol. The number of carbonyl (C=O) groups excluding carboxylic acids is 5. The van der Waals surface area contributed by atoms with Gasteiger partial charge in [-0.15, -0.1) is 0 Å². The van der Waals surface area contributed by atoms with Gasteiger partial charge in [-0.2, -0.15) is 0 Å². The summed E-state index contributed by atoms with van der Waals surface area (Å²) >= 11 is 0. The number of H-pyrrole nitrogens is 1. The molecule has 17 nitrogen and oxygen atoms in total. The lowest BCUT2D eigenvalue weighted by atomic mass is 9.93. The lowest BCUT2D eigenvalue weighted by molar-refractivity contribution is -0.143. The van der Waals surface area contributed by atoms with Crippen molar-refractivity contribution in [2.45, 2.75) is 136 Å². The predicted molar refractivity (Wildman–Crippen MR) is 207 cm³/mol. The number of ether oxygens (including phenoxy) is 1. The Morgan fingerprint density at radius 2 is 1.30 bits per heavy atom. The summed E-state index contributed by atoms with van der Waals surface area (Å²) in [7, 11) is 0. The normalized spacial score (nSPS) is 15.9. The highest BCUT2D eigenvalue weighted by Crippen LogP contribution is 2.21. The molecule has 8 atom stereocenters. The molecule has 9 N–H and O–H groups in total. The zero-order valence-electron chi connectivity index (χ0n) is 33.7. The van der Waals surface area contributed by atoms with Gasteiger partial charge >= 0.3 is 18.0 Å². The second-order valence-electron chi connectivity index (χ2n) is 15.6. The highest BCUT2D eigenvalue weighted by atomic mass is 16.6. The van der Waals surface area contributed by atoms with Gasteiger partial charge in [-0.05, 0) is 56.6 Å². The van der Waals surface area contributed by atoms with E-state index >= 15 is 0 Å². The molecule has 5 amide bonds. The Morgan fingerprint density at radius 3 is 1.82 bits per heavy atom. The summed E-state index contributed by atoms with van der Waals surface area (Å²) in [5, 5.41) is 44.1. The largest absolute Gasteiger partial charge is 0.481 e. The lowest BCUT2D eigenvalue weighted by Crippen LogP contribution is -2.61. The first-order valence-electron chi connectivity index (χ1n) is 19.0. The molecule has 0 aliphatic heterocycles. The molecule has 0 spiro atoms. The van der Waals surface area contributed by atoms with Crippen LogP contribution >= 0.6 is 0 Å². The number of carbonyl (C=O) groups is 7. The van der Waals surface area contributed by atoms with Gasteiger partial charge in [0.25, 0.3) is 0 Å². The van der Waals surface area contributed by atoms with Gasteiger partial charge in [0.1, 0.15) is 29.8 Å². The number of nitrogens with one attached hydrogen (secondary N) is 6. The molecule has 0 aliphatic rings. The number of benzene rings is 1. The van der Waals surface area contributed by atoms with Gasteiger partial charge < -0.3 is 51.6 Å². The molecule has 312 valence electrons. The third kappa shape index (κ3) is 14.5. The molecule has 0 fully saturated rings. The van der Waals surface area contributed by atoms with Crippen molar-refractivity contribution in [3.8, 4) is 0 Å². The number of alkyl carbamates (subject to hydrolysis) is 1. The van der Waals surface area contributed by atoms with Gasteiger partial charge in [-0.25, -0.2) is 9.59 Å². The van der Waals surface area contributed by atoms with Crippen LogP contribution in [0.15, 0.2) is 30.5 Å². The van der Waals surface area contributed by atoms with Crippen molar-refractivity contribution in [2.24, 2.45) is 17.8 Å². The Hall–Kier alpha value is -5.19. The van der Waals surface area contributed by atoms with Gasteiger partial charge in [0.05, 0.1) is 25.0 Å². The van der Waals surface area contributed by atoms with E-state index in [4.69, 9.17) is 4.74 Å². The molecule has 1 aromatic carbocycles. The first-order chi connectivity index (χ1) is 26.1. The first-order valence-corrected chi connectivity index (χ1v) is 19.0. The van der Waals surface area contributed by atoms with Crippen LogP contribution < -0.4 is 26.6 Å². The third-order valence-electron chi connectivity index (χ3n) is 9.52. The van der Waals surface area contributed by atoms with Gasteiger partial charge in [0.15, 0.2) is 0 Å². The minimum Gasteiger partial charge on any atom is -0.481 e. The van der Waals surface area contributed by atoms with Gasteiger partial charge in [-0.3, -0.25) is 24.0 Å². The molecule has 0 saturated carbocycles. The average molecular weight is 789 g/mol. The maximum Gasteiger partial charge on any atom is 0.408 e. The van der Waals surface area contributed by atoms with Crippen molar-refractivity contribution in [1.82, 2.24) is 31.6 Å². The topological polar surface area (TPSA) is 265 Å². The molecule has 0 aliphatic carbocycles. The standard InChI is InChI=1S/C39H60N6O11/c1-10-21(5)32(45-36(52)33(22(6)11-2)44-34(50)27(17-30(48)49)42-38(55)56-39(7,8)9)35(51)41-26(16-23-19-40-25-15-13-12-14-24(23)25)28(46)18-29(47)43-31(20(3)4)37(53)54/h12-15,19-22,26-28,31-33,40,46H,10-11,16-18H2,1-9H3,(H,41,51)(H,42,55)(H,43,47)(H,44,50)(H,45,52)(H,48,49)(H,53,54)/t21?,22?,26-,27-,28?,31-,32-,33-/m0/s1. The molecule has 2 rings (SSSR count). The van der Waals surface area contributed by atoms with Crippen molar-refractivity contribution in [2.75, 3.05) is 0 Å². The molecule has 3 unspecified atom stereocenters. The quantitative estimate of drug-likeness (QED) is 0.0888. The van der Waals surface area contributed by atoms with Crippen LogP contribution in [0.25, 0.3) is 10.9 Å². The van der Waals surface area contributed by atoms with Crippen LogP contribution in [0.2, 0.25) is 0 Å². The summed E-state index contributed by atoms with van der Waals surface area (Å²) in [4.78, 5) is 93.5. The zero-order chi connectivity index (χ0) is 42.5. The Morgan fingerprint density at radius 1 is 0.750 bits per heavy atom. The number of aliphatic carboxylic acids is 2. The molecule has 1 heterocycles. The maximum absolute atomic E-state index is 14.1. The zero-order valence-corrected chi connectivity index (χ0v) is 33.7. The van der Waals surface area contributed by atoms with Crippen molar-refractivity contribution >= 4 is 52.6 Å². The number of para-hydroxylation sites is 1. The number of hydrogen-bond acceptors (Lipinski definition) is 9. The van der Waals surface area contributed by atoms with Crippen LogP contribution in [0.4, 0.5) is 4.79 Å². The summed E-state index contributed by atoms with van der Waals surface area (Å²) < 4.78 is 5.19. The Kier molecular flexibility index (Phi) is 17.8. The lowest BCUT2D eigenvalue weighted by Gasteiger charge is -2.32. The molecule has 0 saturated heterocycles. The number of fused-ring (bicyclic) bond motifs is 1. The summed E-state index contributed by atoms with van der Waals surface area (Å²) in [6.07, 6.45) is -1.27. The Labute approximate surface area is 327 Å². The van der Waals surface area contributed by atoms with Crippen molar-refractivity contribution in [3.05, 3.63) is 36.0 Å². The monoisotopic (exact) mass is 788 g/mol. The fourth-order valence-electron chi connectivity index (χ4n) is 5.91. The minimum atomic E-state index is -1.59. The van der Waals surface area contributed by atoms with Crippen molar-refractivity contribution in [1.29, 1.82) is 0 Å². The van der Waals surface area contributed by atoms with Crippen molar-refractivity contribution < 1.29 is 53.6 Å². The van der Waals surface area contributed by atoms with E-state index in [9.17, 15) is 48.9 Å². The van der Waals surface area contributed by atoms with Crippen LogP contribution in [0.5, 0.6) is 0 Å². The summed E-state index contributed by atoms with van der Waals surface area (Å²) in [6.45, 7) is 15.0.